The molecule has 0 radical (unpaired) electrons. The third-order valence-corrected chi connectivity index (χ3v) is 10.8. The molecular formula is C31H42N2O6S. The van der Waals surface area contributed by atoms with Crippen LogP contribution in [-0.2, 0) is 19.1 Å². The zero-order chi connectivity index (χ0) is 29.0. The highest BCUT2D eigenvalue weighted by Gasteiger charge is 2.77. The number of benzene rings is 1. The highest BCUT2D eigenvalue weighted by molar-refractivity contribution is 8.02. The van der Waals surface area contributed by atoms with Crippen molar-refractivity contribution in [2.24, 2.45) is 17.8 Å². The van der Waals surface area contributed by atoms with Gasteiger partial charge in [0, 0.05) is 17.5 Å². The molecule has 1 spiro atoms. The normalized spacial score (nSPS) is 29.1. The molecule has 8 nitrogen and oxygen atoms in total. The SMILES string of the molecule is C=CCCCCOC(=O)[C@@H]1[C@@H]2CC(C)C3(S2)C(C(=O)N(CC=C)c2ccc(OC)cc2)N([C@@H](CC)CO)C(=O)[C@H]13. The second-order valence-corrected chi connectivity index (χ2v) is 12.5. The molecule has 0 saturated carbocycles. The Labute approximate surface area is 241 Å². The Morgan fingerprint density at radius 2 is 1.98 bits per heavy atom. The molecule has 3 saturated heterocycles. The van der Waals surface area contributed by atoms with Crippen LogP contribution in [0.3, 0.4) is 0 Å². The number of ether oxygens (including phenoxy) is 2. The number of fused-ring (bicyclic) bond motifs is 1. The van der Waals surface area contributed by atoms with Crippen molar-refractivity contribution in [1.29, 1.82) is 0 Å². The van der Waals surface area contributed by atoms with Crippen LogP contribution < -0.4 is 9.64 Å². The Balaban J connectivity index is 1.72. The molecule has 4 rings (SSSR count). The van der Waals surface area contributed by atoms with Gasteiger partial charge in [-0.2, -0.15) is 0 Å². The molecule has 1 N–H and O–H groups in total. The van der Waals surface area contributed by atoms with Gasteiger partial charge < -0.3 is 24.4 Å². The summed E-state index contributed by atoms with van der Waals surface area (Å²) >= 11 is 1.61. The van der Waals surface area contributed by atoms with Crippen LogP contribution in [-0.4, -0.2) is 76.7 Å². The molecule has 0 aliphatic carbocycles. The van der Waals surface area contributed by atoms with E-state index in [1.165, 1.54) is 0 Å². The fraction of sp³-hybridized carbons (Fsp3) is 0.581. The number of hydrogen-bond donors (Lipinski definition) is 1. The van der Waals surface area contributed by atoms with E-state index in [1.54, 1.807) is 46.9 Å². The number of unbranched alkanes of at least 4 members (excludes halogenated alkanes) is 2. The fourth-order valence-corrected chi connectivity index (χ4v) is 9.23. The van der Waals surface area contributed by atoms with Gasteiger partial charge in [0.25, 0.3) is 5.91 Å². The molecule has 9 heteroatoms. The fourth-order valence-electron chi connectivity index (χ4n) is 6.84. The number of aliphatic hydroxyl groups is 1. The number of carbonyl (C=O) groups is 3. The third kappa shape index (κ3) is 5.07. The average molecular weight is 571 g/mol. The standard InChI is InChI=1S/C31H42N2O6S/c1-6-9-10-11-17-39-30(37)25-24-18-20(4)31(40-24)26(25)28(35)33(21(8-3)19-34)27(31)29(36)32(16-7-2)22-12-14-23(38-5)15-13-22/h6-7,12-15,20-21,24-27,34H,1-2,8-11,16-19H2,3-5H3/t20?,21-,24-,25+,26-,27?,31?/m0/s1. The van der Waals surface area contributed by atoms with Crippen LogP contribution in [0.25, 0.3) is 0 Å². The monoisotopic (exact) mass is 570 g/mol. The number of esters is 1. The molecule has 2 bridgehead atoms. The topological polar surface area (TPSA) is 96.4 Å². The van der Waals surface area contributed by atoms with Crippen LogP contribution in [0.2, 0.25) is 0 Å². The molecule has 2 amide bonds. The first-order valence-corrected chi connectivity index (χ1v) is 15.1. The van der Waals surface area contributed by atoms with Gasteiger partial charge in [0.05, 0.1) is 42.9 Å². The van der Waals surface area contributed by atoms with E-state index in [0.717, 1.165) is 25.7 Å². The summed E-state index contributed by atoms with van der Waals surface area (Å²) in [5.41, 5.74) is 0.663. The van der Waals surface area contributed by atoms with Crippen molar-refractivity contribution < 1.29 is 29.0 Å². The van der Waals surface area contributed by atoms with E-state index in [9.17, 15) is 19.5 Å². The second-order valence-electron chi connectivity index (χ2n) is 10.9. The average Bonchev–Trinajstić information content (AvgIpc) is 3.56. The van der Waals surface area contributed by atoms with Crippen LogP contribution in [0.15, 0.2) is 49.6 Å². The lowest BCUT2D eigenvalue weighted by molar-refractivity contribution is -0.155. The Hall–Kier alpha value is -2.78. The Morgan fingerprint density at radius 1 is 1.25 bits per heavy atom. The summed E-state index contributed by atoms with van der Waals surface area (Å²) in [5.74, 6) is -1.42. The lowest BCUT2D eigenvalue weighted by atomic mass is 9.66. The number of likely N-dealkylation sites (tertiary alicyclic amines) is 1. The number of methoxy groups -OCH3 is 1. The molecule has 0 aromatic heterocycles. The molecule has 1 aromatic rings. The van der Waals surface area contributed by atoms with Crippen molar-refractivity contribution in [3.63, 3.8) is 0 Å². The van der Waals surface area contributed by atoms with E-state index in [2.05, 4.69) is 20.1 Å². The van der Waals surface area contributed by atoms with Gasteiger partial charge in [-0.05, 0) is 62.3 Å². The summed E-state index contributed by atoms with van der Waals surface area (Å²) in [6.07, 6.45) is 7.19. The van der Waals surface area contributed by atoms with Crippen molar-refractivity contribution in [3.05, 3.63) is 49.6 Å². The number of amides is 2. The molecule has 3 heterocycles. The molecule has 3 fully saturated rings. The summed E-state index contributed by atoms with van der Waals surface area (Å²) in [5, 5.41) is 10.2. The van der Waals surface area contributed by atoms with Crippen LogP contribution in [0, 0.1) is 17.8 Å². The first-order valence-electron chi connectivity index (χ1n) is 14.2. The number of anilines is 1. The lowest BCUT2D eigenvalue weighted by Crippen LogP contribution is -2.59. The minimum Gasteiger partial charge on any atom is -0.497 e. The zero-order valence-electron chi connectivity index (χ0n) is 23.8. The van der Waals surface area contributed by atoms with Crippen molar-refractivity contribution in [2.45, 2.75) is 68.0 Å². The number of nitrogens with zero attached hydrogens (tertiary/aromatic N) is 2. The molecule has 3 aliphatic heterocycles. The maximum atomic E-state index is 14.6. The smallest absolute Gasteiger partial charge is 0.310 e. The Kier molecular flexibility index (Phi) is 9.67. The van der Waals surface area contributed by atoms with E-state index in [4.69, 9.17) is 9.47 Å². The zero-order valence-corrected chi connectivity index (χ0v) is 24.6. The van der Waals surface area contributed by atoms with Crippen molar-refractivity contribution in [2.75, 3.05) is 31.8 Å². The number of aliphatic hydroxyl groups excluding tert-OH is 1. The van der Waals surface area contributed by atoms with Crippen LogP contribution in [0.4, 0.5) is 5.69 Å². The number of rotatable bonds is 14. The molecular weight excluding hydrogens is 528 g/mol. The minimum absolute atomic E-state index is 0.0182. The van der Waals surface area contributed by atoms with E-state index < -0.39 is 28.7 Å². The molecule has 1 aromatic carbocycles. The second kappa shape index (κ2) is 12.8. The Bertz CT molecular complexity index is 1110. The third-order valence-electron chi connectivity index (χ3n) is 8.77. The summed E-state index contributed by atoms with van der Waals surface area (Å²) in [4.78, 5) is 45.6. The van der Waals surface area contributed by atoms with Crippen LogP contribution >= 0.6 is 11.8 Å². The number of carbonyl (C=O) groups excluding carboxylic acids is 3. The van der Waals surface area contributed by atoms with E-state index in [0.29, 0.717) is 24.5 Å². The van der Waals surface area contributed by atoms with E-state index in [-0.39, 0.29) is 42.1 Å². The van der Waals surface area contributed by atoms with Gasteiger partial charge in [-0.15, -0.1) is 24.9 Å². The first-order chi connectivity index (χ1) is 19.3. The predicted molar refractivity (Wildman–Crippen MR) is 157 cm³/mol. The Morgan fingerprint density at radius 3 is 2.58 bits per heavy atom. The number of thioether (sulfide) groups is 1. The first kappa shape index (κ1) is 30.2. The molecule has 7 atom stereocenters. The lowest BCUT2D eigenvalue weighted by Gasteiger charge is -2.42. The highest BCUT2D eigenvalue weighted by Crippen LogP contribution is 2.69. The van der Waals surface area contributed by atoms with Crippen LogP contribution in [0.5, 0.6) is 5.75 Å². The maximum absolute atomic E-state index is 14.6. The largest absolute Gasteiger partial charge is 0.497 e. The maximum Gasteiger partial charge on any atom is 0.310 e. The predicted octanol–water partition coefficient (Wildman–Crippen LogP) is 4.22. The van der Waals surface area contributed by atoms with Gasteiger partial charge in [0.1, 0.15) is 11.8 Å². The van der Waals surface area contributed by atoms with E-state index in [1.807, 2.05) is 25.1 Å². The summed E-state index contributed by atoms with van der Waals surface area (Å²) < 4.78 is 10.2. The molecule has 40 heavy (non-hydrogen) atoms. The van der Waals surface area contributed by atoms with Gasteiger partial charge >= 0.3 is 5.97 Å². The highest BCUT2D eigenvalue weighted by atomic mass is 32.2. The molecule has 3 aliphatic rings. The molecule has 3 unspecified atom stereocenters. The minimum atomic E-state index is -0.834. The van der Waals surface area contributed by atoms with Gasteiger partial charge in [-0.1, -0.05) is 26.0 Å². The van der Waals surface area contributed by atoms with Gasteiger partial charge in [-0.3, -0.25) is 14.4 Å². The summed E-state index contributed by atoms with van der Waals surface area (Å²) in [6.45, 7) is 11.9. The number of allylic oxidation sites excluding steroid dienone is 1. The molecule has 218 valence electrons. The number of hydrogen-bond acceptors (Lipinski definition) is 7. The van der Waals surface area contributed by atoms with Gasteiger partial charge in [0.2, 0.25) is 5.91 Å². The van der Waals surface area contributed by atoms with Gasteiger partial charge in [0.15, 0.2) is 0 Å². The summed E-state index contributed by atoms with van der Waals surface area (Å²) in [7, 11) is 1.58. The summed E-state index contributed by atoms with van der Waals surface area (Å²) in [6, 6.07) is 5.84. The van der Waals surface area contributed by atoms with Crippen LogP contribution in [0.1, 0.15) is 46.0 Å². The van der Waals surface area contributed by atoms with Crippen molar-refractivity contribution in [3.8, 4) is 5.75 Å². The van der Waals surface area contributed by atoms with Crippen molar-refractivity contribution >= 4 is 35.2 Å². The van der Waals surface area contributed by atoms with Crippen molar-refractivity contribution in [1.82, 2.24) is 4.90 Å². The van der Waals surface area contributed by atoms with Gasteiger partial charge in [-0.25, -0.2) is 0 Å². The van der Waals surface area contributed by atoms with E-state index >= 15 is 0 Å². The quantitative estimate of drug-likeness (QED) is 0.203.